The number of rotatable bonds is 3. The molecule has 0 unspecified atom stereocenters. The van der Waals surface area contributed by atoms with Gasteiger partial charge in [-0.1, -0.05) is 6.07 Å². The summed E-state index contributed by atoms with van der Waals surface area (Å²) in [7, 11) is 0. The van der Waals surface area contributed by atoms with Gasteiger partial charge in [0.15, 0.2) is 11.5 Å². The van der Waals surface area contributed by atoms with Gasteiger partial charge in [0.25, 0.3) is 5.91 Å². The molecule has 3 aliphatic heterocycles. The third-order valence-corrected chi connectivity index (χ3v) is 5.47. The largest absolute Gasteiger partial charge is 0.490 e. The quantitative estimate of drug-likeness (QED) is 0.800. The van der Waals surface area contributed by atoms with Crippen LogP contribution in [-0.4, -0.2) is 59.5 Å². The Bertz CT molecular complexity index is 822. The molecule has 0 aliphatic carbocycles. The number of ether oxygens (including phenoxy) is 2. The summed E-state index contributed by atoms with van der Waals surface area (Å²) < 4.78 is 11.4. The first-order valence-corrected chi connectivity index (χ1v) is 9.70. The van der Waals surface area contributed by atoms with Crippen LogP contribution in [0.5, 0.6) is 11.5 Å². The third kappa shape index (κ3) is 3.27. The number of carbonyl (C=O) groups excluding carboxylic acids is 3. The second-order valence-electron chi connectivity index (χ2n) is 7.95. The minimum absolute atomic E-state index is 0.0987. The molecule has 0 saturated carbocycles. The van der Waals surface area contributed by atoms with Gasteiger partial charge in [0.2, 0.25) is 5.91 Å². The second kappa shape index (κ2) is 7.00. The van der Waals surface area contributed by atoms with Gasteiger partial charge in [0, 0.05) is 13.0 Å². The number of urea groups is 1. The van der Waals surface area contributed by atoms with Crippen LogP contribution >= 0.6 is 0 Å². The summed E-state index contributed by atoms with van der Waals surface area (Å²) in [5.74, 6) is 0.817. The van der Waals surface area contributed by atoms with E-state index in [2.05, 4.69) is 5.32 Å². The number of nitrogens with zero attached hydrogens (tertiary/aromatic N) is 2. The molecule has 0 radical (unpaired) electrons. The van der Waals surface area contributed by atoms with Crippen molar-refractivity contribution in [2.24, 2.45) is 0 Å². The number of likely N-dealkylation sites (tertiary alicyclic amines) is 1. The smallest absolute Gasteiger partial charge is 0.325 e. The van der Waals surface area contributed by atoms with E-state index in [1.54, 1.807) is 18.7 Å². The molecule has 4 amide bonds. The Hall–Kier alpha value is -2.77. The van der Waals surface area contributed by atoms with Crippen molar-refractivity contribution < 1.29 is 23.9 Å². The minimum atomic E-state index is -0.976. The zero-order valence-electron chi connectivity index (χ0n) is 16.2. The topological polar surface area (TPSA) is 88.2 Å². The standard InChI is InChI=1S/C20H25N3O5/c1-20(2)18(25)23(19(26)21-20)12-17(24)22-8-3-5-14(22)13-6-7-15-16(11-13)28-10-4-9-27-15/h6-7,11,14H,3-5,8-10,12H2,1-2H3,(H,21,26)/t14-/m1/s1. The highest BCUT2D eigenvalue weighted by Gasteiger charge is 2.45. The fraction of sp³-hybridized carbons (Fsp3) is 0.550. The predicted octanol–water partition coefficient (Wildman–Crippen LogP) is 1.84. The van der Waals surface area contributed by atoms with Gasteiger partial charge in [0.1, 0.15) is 12.1 Å². The summed E-state index contributed by atoms with van der Waals surface area (Å²) in [6, 6.07) is 5.17. The van der Waals surface area contributed by atoms with Crippen molar-refractivity contribution in [2.75, 3.05) is 26.3 Å². The van der Waals surface area contributed by atoms with E-state index in [9.17, 15) is 14.4 Å². The van der Waals surface area contributed by atoms with E-state index < -0.39 is 11.6 Å². The van der Waals surface area contributed by atoms with Crippen molar-refractivity contribution in [3.05, 3.63) is 23.8 Å². The molecule has 8 nitrogen and oxygen atoms in total. The zero-order chi connectivity index (χ0) is 19.9. The van der Waals surface area contributed by atoms with Crippen LogP contribution in [0.25, 0.3) is 0 Å². The van der Waals surface area contributed by atoms with E-state index in [1.165, 1.54) is 0 Å². The van der Waals surface area contributed by atoms with Gasteiger partial charge >= 0.3 is 6.03 Å². The van der Waals surface area contributed by atoms with E-state index >= 15 is 0 Å². The maximum absolute atomic E-state index is 12.9. The molecule has 2 fully saturated rings. The molecule has 1 N–H and O–H groups in total. The van der Waals surface area contributed by atoms with Gasteiger partial charge in [-0.3, -0.25) is 14.5 Å². The molecule has 2 saturated heterocycles. The number of hydrogen-bond donors (Lipinski definition) is 1. The fourth-order valence-electron chi connectivity index (χ4n) is 3.99. The summed E-state index contributed by atoms with van der Waals surface area (Å²) in [6.45, 7) is 4.86. The highest BCUT2D eigenvalue weighted by atomic mass is 16.5. The van der Waals surface area contributed by atoms with Crippen LogP contribution in [0.3, 0.4) is 0 Å². The summed E-state index contributed by atoms with van der Waals surface area (Å²) in [5.41, 5.74) is 0.00321. The van der Waals surface area contributed by atoms with Gasteiger partial charge < -0.3 is 19.7 Å². The van der Waals surface area contributed by atoms with E-state index in [1.807, 2.05) is 18.2 Å². The summed E-state index contributed by atoms with van der Waals surface area (Å²) in [6.07, 6.45) is 2.54. The molecule has 0 bridgehead atoms. The van der Waals surface area contributed by atoms with Gasteiger partial charge in [-0.25, -0.2) is 4.79 Å². The summed E-state index contributed by atoms with van der Waals surface area (Å²) in [5, 5.41) is 2.61. The number of benzene rings is 1. The van der Waals surface area contributed by atoms with Crippen LogP contribution in [-0.2, 0) is 9.59 Å². The predicted molar refractivity (Wildman–Crippen MR) is 100 cm³/mol. The van der Waals surface area contributed by atoms with Crippen molar-refractivity contribution in [2.45, 2.75) is 44.7 Å². The Labute approximate surface area is 163 Å². The average Bonchev–Trinajstić information content (AvgIpc) is 3.11. The number of fused-ring (bicyclic) bond motifs is 1. The highest BCUT2D eigenvalue weighted by molar-refractivity contribution is 6.08. The molecule has 1 aromatic carbocycles. The van der Waals surface area contributed by atoms with Gasteiger partial charge in [0.05, 0.1) is 19.3 Å². The lowest BCUT2D eigenvalue weighted by Gasteiger charge is -2.27. The molecular weight excluding hydrogens is 362 g/mol. The molecule has 1 atom stereocenters. The van der Waals surface area contributed by atoms with Gasteiger partial charge in [-0.15, -0.1) is 0 Å². The Morgan fingerprint density at radius 1 is 1.18 bits per heavy atom. The van der Waals surface area contributed by atoms with Crippen LogP contribution in [0.15, 0.2) is 18.2 Å². The SMILES string of the molecule is CC1(C)NC(=O)N(CC(=O)N2CCC[C@@H]2c2ccc3c(c2)OCCCO3)C1=O. The lowest BCUT2D eigenvalue weighted by molar-refractivity contribution is -0.139. The normalized spacial score (nSPS) is 23.6. The number of carbonyl (C=O) groups is 3. The fourth-order valence-corrected chi connectivity index (χ4v) is 3.99. The molecule has 28 heavy (non-hydrogen) atoms. The van der Waals surface area contributed by atoms with Crippen LogP contribution in [0.2, 0.25) is 0 Å². The molecule has 1 aromatic rings. The van der Waals surface area contributed by atoms with E-state index in [0.29, 0.717) is 25.5 Å². The molecule has 0 aromatic heterocycles. The van der Waals surface area contributed by atoms with Crippen molar-refractivity contribution in [3.8, 4) is 11.5 Å². The van der Waals surface area contributed by atoms with Crippen molar-refractivity contribution in [1.29, 1.82) is 0 Å². The number of amides is 4. The maximum atomic E-state index is 12.9. The molecule has 8 heteroatoms. The van der Waals surface area contributed by atoms with Crippen LogP contribution in [0, 0.1) is 0 Å². The summed E-state index contributed by atoms with van der Waals surface area (Å²) in [4.78, 5) is 40.1. The monoisotopic (exact) mass is 387 g/mol. The maximum Gasteiger partial charge on any atom is 0.325 e. The first-order chi connectivity index (χ1) is 13.4. The molecule has 3 aliphatic rings. The first kappa shape index (κ1) is 18.6. The van der Waals surface area contributed by atoms with Gasteiger partial charge in [-0.05, 0) is 44.4 Å². The second-order valence-corrected chi connectivity index (χ2v) is 7.95. The molecule has 4 rings (SSSR count). The lowest BCUT2D eigenvalue weighted by Crippen LogP contribution is -2.44. The van der Waals surface area contributed by atoms with Crippen LogP contribution in [0.4, 0.5) is 4.79 Å². The highest BCUT2D eigenvalue weighted by Crippen LogP contribution is 2.38. The molecular formula is C20H25N3O5. The number of nitrogens with one attached hydrogen (secondary N) is 1. The van der Waals surface area contributed by atoms with E-state index in [4.69, 9.17) is 9.47 Å². The van der Waals surface area contributed by atoms with Crippen molar-refractivity contribution >= 4 is 17.8 Å². The number of imide groups is 1. The molecule has 150 valence electrons. The molecule has 0 spiro atoms. The average molecular weight is 387 g/mol. The van der Waals surface area contributed by atoms with Gasteiger partial charge in [-0.2, -0.15) is 0 Å². The minimum Gasteiger partial charge on any atom is -0.490 e. The Balaban J connectivity index is 1.51. The first-order valence-electron chi connectivity index (χ1n) is 9.70. The third-order valence-electron chi connectivity index (χ3n) is 5.47. The van der Waals surface area contributed by atoms with Crippen LogP contribution < -0.4 is 14.8 Å². The summed E-state index contributed by atoms with van der Waals surface area (Å²) >= 11 is 0. The van der Waals surface area contributed by atoms with Crippen molar-refractivity contribution in [1.82, 2.24) is 15.1 Å². The Morgan fingerprint density at radius 2 is 1.93 bits per heavy atom. The van der Waals surface area contributed by atoms with Crippen LogP contribution in [0.1, 0.15) is 44.7 Å². The van der Waals surface area contributed by atoms with E-state index in [-0.39, 0.29) is 24.4 Å². The lowest BCUT2D eigenvalue weighted by atomic mass is 10.0. The van der Waals surface area contributed by atoms with Crippen molar-refractivity contribution in [3.63, 3.8) is 0 Å². The zero-order valence-corrected chi connectivity index (χ0v) is 16.2. The molecule has 3 heterocycles. The van der Waals surface area contributed by atoms with E-state index in [0.717, 1.165) is 35.5 Å². The number of hydrogen-bond acceptors (Lipinski definition) is 5. The Kier molecular flexibility index (Phi) is 4.64. The Morgan fingerprint density at radius 3 is 2.64 bits per heavy atom.